The third-order valence-electron chi connectivity index (χ3n) is 1.70. The van der Waals surface area contributed by atoms with E-state index >= 15 is 0 Å². The topological polar surface area (TPSA) is 43.4 Å². The van der Waals surface area contributed by atoms with Gasteiger partial charge in [0.05, 0.1) is 7.11 Å². The first-order valence-electron chi connectivity index (χ1n) is 3.72. The lowest BCUT2D eigenvalue weighted by Gasteiger charge is -2.08. The second-order valence-electron chi connectivity index (χ2n) is 2.77. The summed E-state index contributed by atoms with van der Waals surface area (Å²) in [5.41, 5.74) is 0.699. The largest absolute Gasteiger partial charge is 0.495 e. The summed E-state index contributed by atoms with van der Waals surface area (Å²) in [5.74, 6) is 0.380. The normalized spacial score (nSPS) is 11.3. The number of sulfone groups is 1. The van der Waals surface area contributed by atoms with Crippen LogP contribution in [-0.4, -0.2) is 21.8 Å². The average molecular weight is 199 g/mol. The summed E-state index contributed by atoms with van der Waals surface area (Å²) in [6, 6.07) is 5.94. The van der Waals surface area contributed by atoms with Crippen molar-refractivity contribution < 1.29 is 13.2 Å². The summed E-state index contributed by atoms with van der Waals surface area (Å²) in [6.07, 6.45) is 1.16. The number of hydrogen-bond acceptors (Lipinski definition) is 3. The molecule has 0 spiro atoms. The molecule has 0 aliphatic heterocycles. The molecule has 1 rings (SSSR count). The Morgan fingerprint density at radius 2 is 2.08 bits per heavy atom. The van der Waals surface area contributed by atoms with Gasteiger partial charge in [0, 0.05) is 11.8 Å². The van der Waals surface area contributed by atoms with Crippen LogP contribution in [0.5, 0.6) is 5.75 Å². The smallest absolute Gasteiger partial charge is 0.179 e. The summed E-state index contributed by atoms with van der Waals surface area (Å²) in [4.78, 5) is 0.214. The molecule has 1 aromatic rings. The van der Waals surface area contributed by atoms with Crippen molar-refractivity contribution in [1.82, 2.24) is 0 Å². The Bertz CT molecular complexity index is 407. The summed E-state index contributed by atoms with van der Waals surface area (Å²) >= 11 is 0. The molecule has 3 nitrogen and oxygen atoms in total. The minimum atomic E-state index is -3.21. The van der Waals surface area contributed by atoms with E-state index < -0.39 is 9.84 Å². The van der Waals surface area contributed by atoms with Gasteiger partial charge in [-0.15, -0.1) is 0 Å². The fraction of sp³-hybridized carbons (Fsp3) is 0.333. The predicted octanol–water partition coefficient (Wildman–Crippen LogP) is 1.21. The van der Waals surface area contributed by atoms with Gasteiger partial charge in [-0.2, -0.15) is 0 Å². The zero-order valence-electron chi connectivity index (χ0n) is 7.79. The monoisotopic (exact) mass is 199 g/mol. The average Bonchev–Trinajstić information content (AvgIpc) is 2.02. The van der Waals surface area contributed by atoms with Crippen molar-refractivity contribution in [2.45, 2.75) is 11.8 Å². The van der Waals surface area contributed by atoms with Gasteiger partial charge in [0.15, 0.2) is 9.84 Å². The molecule has 0 bridgehead atoms. The van der Waals surface area contributed by atoms with Crippen LogP contribution in [0.25, 0.3) is 0 Å². The molecule has 0 aliphatic rings. The van der Waals surface area contributed by atoms with Gasteiger partial charge in [-0.05, 0) is 19.1 Å². The molecule has 1 radical (unpaired) electrons. The highest BCUT2D eigenvalue weighted by Crippen LogP contribution is 2.26. The van der Waals surface area contributed by atoms with Gasteiger partial charge in [0.2, 0.25) is 0 Å². The van der Waals surface area contributed by atoms with Crippen LogP contribution < -0.4 is 4.74 Å². The molecule has 13 heavy (non-hydrogen) atoms. The van der Waals surface area contributed by atoms with Crippen molar-refractivity contribution in [2.75, 3.05) is 13.4 Å². The molecule has 0 fully saturated rings. The molecule has 71 valence electrons. The van der Waals surface area contributed by atoms with Crippen LogP contribution in [0, 0.1) is 13.0 Å². The van der Waals surface area contributed by atoms with Gasteiger partial charge in [-0.1, -0.05) is 6.07 Å². The summed E-state index contributed by atoms with van der Waals surface area (Å²) in [5, 5.41) is 0. The molecule has 0 saturated carbocycles. The lowest BCUT2D eigenvalue weighted by atomic mass is 10.2. The van der Waals surface area contributed by atoms with Crippen molar-refractivity contribution in [2.24, 2.45) is 0 Å². The lowest BCUT2D eigenvalue weighted by molar-refractivity contribution is 0.399. The van der Waals surface area contributed by atoms with E-state index in [1.807, 2.05) is 0 Å². The fourth-order valence-electron chi connectivity index (χ4n) is 1.11. The first-order valence-corrected chi connectivity index (χ1v) is 5.61. The summed E-state index contributed by atoms with van der Waals surface area (Å²) < 4.78 is 27.5. The van der Waals surface area contributed by atoms with E-state index in [0.717, 1.165) is 6.26 Å². The van der Waals surface area contributed by atoms with Crippen molar-refractivity contribution >= 4 is 9.84 Å². The zero-order valence-corrected chi connectivity index (χ0v) is 8.60. The highest BCUT2D eigenvalue weighted by atomic mass is 32.2. The minimum absolute atomic E-state index is 0.214. The molecule has 0 atom stereocenters. The van der Waals surface area contributed by atoms with Crippen LogP contribution in [0.4, 0.5) is 0 Å². The maximum absolute atomic E-state index is 11.3. The lowest BCUT2D eigenvalue weighted by Crippen LogP contribution is -2.01. The van der Waals surface area contributed by atoms with Gasteiger partial charge in [0.1, 0.15) is 10.6 Å². The Morgan fingerprint density at radius 1 is 1.46 bits per heavy atom. The molecular weight excluding hydrogens is 188 g/mol. The van der Waals surface area contributed by atoms with E-state index in [-0.39, 0.29) is 4.90 Å². The molecule has 0 aliphatic carbocycles. The summed E-state index contributed by atoms with van der Waals surface area (Å²) in [6.45, 7) is 1.76. The second kappa shape index (κ2) is 3.38. The van der Waals surface area contributed by atoms with Crippen LogP contribution in [0.1, 0.15) is 5.56 Å². The molecule has 0 unspecified atom stereocenters. The third-order valence-corrected chi connectivity index (χ3v) is 2.82. The Balaban J connectivity index is 3.47. The standard InChI is InChI=1S/C9H11O3S/c1-7-5-4-6-8(9(7)12-2)13(3,10)11/h4,6H,1-3H3. The van der Waals surface area contributed by atoms with Crippen molar-refractivity contribution in [1.29, 1.82) is 0 Å². The number of hydrogen-bond donors (Lipinski definition) is 0. The maximum Gasteiger partial charge on any atom is 0.179 e. The molecular formula is C9H11O3S. The fourth-order valence-corrected chi connectivity index (χ4v) is 2.00. The number of ether oxygens (including phenoxy) is 1. The number of aryl methyl sites for hydroxylation is 1. The van der Waals surface area contributed by atoms with Gasteiger partial charge in [-0.3, -0.25) is 0 Å². The van der Waals surface area contributed by atoms with E-state index in [4.69, 9.17) is 4.74 Å². The van der Waals surface area contributed by atoms with Crippen LogP contribution in [0.3, 0.4) is 0 Å². The van der Waals surface area contributed by atoms with Gasteiger partial charge < -0.3 is 4.74 Å². The van der Waals surface area contributed by atoms with Crippen molar-refractivity contribution in [3.8, 4) is 5.75 Å². The molecule has 0 saturated heterocycles. The molecule has 0 amide bonds. The first kappa shape index (κ1) is 10.1. The molecule has 4 heteroatoms. The van der Waals surface area contributed by atoms with Crippen LogP contribution in [0.15, 0.2) is 17.0 Å². The number of benzene rings is 1. The van der Waals surface area contributed by atoms with E-state index in [2.05, 4.69) is 6.07 Å². The van der Waals surface area contributed by atoms with Crippen LogP contribution >= 0.6 is 0 Å². The third kappa shape index (κ3) is 2.01. The van der Waals surface area contributed by atoms with Crippen molar-refractivity contribution in [3.05, 3.63) is 23.8 Å². The maximum atomic E-state index is 11.3. The van der Waals surface area contributed by atoms with E-state index in [0.29, 0.717) is 11.3 Å². The Labute approximate surface area is 78.3 Å². The SMILES string of the molecule is COc1c(C)[c]ccc1S(C)(=O)=O. The van der Waals surface area contributed by atoms with Gasteiger partial charge in [-0.25, -0.2) is 8.42 Å². The van der Waals surface area contributed by atoms with Gasteiger partial charge >= 0.3 is 0 Å². The molecule has 1 aromatic carbocycles. The number of rotatable bonds is 2. The molecule has 0 heterocycles. The van der Waals surface area contributed by atoms with Crippen LogP contribution in [0.2, 0.25) is 0 Å². The van der Waals surface area contributed by atoms with E-state index in [9.17, 15) is 8.42 Å². The minimum Gasteiger partial charge on any atom is -0.495 e. The molecule has 0 aromatic heterocycles. The first-order chi connectivity index (χ1) is 5.96. The molecule has 0 N–H and O–H groups in total. The summed E-state index contributed by atoms with van der Waals surface area (Å²) in [7, 11) is -1.76. The Hall–Kier alpha value is -1.03. The van der Waals surface area contributed by atoms with E-state index in [1.54, 1.807) is 13.0 Å². The predicted molar refractivity (Wildman–Crippen MR) is 49.7 cm³/mol. The van der Waals surface area contributed by atoms with Crippen LogP contribution in [-0.2, 0) is 9.84 Å². The number of methoxy groups -OCH3 is 1. The highest BCUT2D eigenvalue weighted by Gasteiger charge is 2.14. The Morgan fingerprint density at radius 3 is 2.46 bits per heavy atom. The second-order valence-corrected chi connectivity index (χ2v) is 4.76. The van der Waals surface area contributed by atoms with Gasteiger partial charge in [0.25, 0.3) is 0 Å². The van der Waals surface area contributed by atoms with E-state index in [1.165, 1.54) is 13.2 Å². The van der Waals surface area contributed by atoms with Crippen molar-refractivity contribution in [3.63, 3.8) is 0 Å². The zero-order chi connectivity index (χ0) is 10.1. The Kier molecular flexibility index (Phi) is 2.61. The highest BCUT2D eigenvalue weighted by molar-refractivity contribution is 7.90. The quantitative estimate of drug-likeness (QED) is 0.719.